The zero-order valence-corrected chi connectivity index (χ0v) is 19.9. The van der Waals surface area contributed by atoms with Crippen molar-refractivity contribution in [1.29, 1.82) is 0 Å². The van der Waals surface area contributed by atoms with Crippen LogP contribution in [0.15, 0.2) is 16.9 Å². The average molecular weight is 500 g/mol. The van der Waals surface area contributed by atoms with Crippen LogP contribution in [-0.2, 0) is 52.4 Å². The Morgan fingerprint density at radius 1 is 0.914 bits per heavy atom. The van der Waals surface area contributed by atoms with Gasteiger partial charge in [-0.15, -0.1) is 0 Å². The predicted molar refractivity (Wildman–Crippen MR) is 114 cm³/mol. The lowest BCUT2D eigenvalue weighted by Crippen LogP contribution is -2.63. The molecule has 15 heteroatoms. The van der Waals surface area contributed by atoms with Crippen molar-refractivity contribution in [3.05, 3.63) is 22.2 Å². The standard InChI is InChI=1S/C20H28N4O11/c1-6-30-19(28)13(20(29)31-7-2)8-22-18-17(34-12(5)27)15(23-24-21)16(33-11(4)26)14(35-18)9-32-10(3)25/h8,14-18,22H,6-7,9H2,1-5H3/t14-,15+,16-,17-,18-/m1/s1. The van der Waals surface area contributed by atoms with Gasteiger partial charge in [-0.05, 0) is 19.4 Å². The third-order valence-corrected chi connectivity index (χ3v) is 4.28. The van der Waals surface area contributed by atoms with E-state index in [1.54, 1.807) is 0 Å². The molecule has 0 aromatic heterocycles. The van der Waals surface area contributed by atoms with E-state index in [1.165, 1.54) is 13.8 Å². The summed E-state index contributed by atoms with van der Waals surface area (Å²) in [7, 11) is 0. The zero-order chi connectivity index (χ0) is 26.5. The fourth-order valence-corrected chi connectivity index (χ4v) is 3.03. The Kier molecular flexibility index (Phi) is 12.0. The van der Waals surface area contributed by atoms with Crippen molar-refractivity contribution in [2.45, 2.75) is 65.2 Å². The highest BCUT2D eigenvalue weighted by Gasteiger charge is 2.49. The van der Waals surface area contributed by atoms with Crippen LogP contribution in [0, 0.1) is 0 Å². The molecular weight excluding hydrogens is 472 g/mol. The Bertz CT molecular complexity index is 864. The van der Waals surface area contributed by atoms with Gasteiger partial charge in [-0.1, -0.05) is 5.11 Å². The summed E-state index contributed by atoms with van der Waals surface area (Å²) in [4.78, 5) is 62.0. The fourth-order valence-electron chi connectivity index (χ4n) is 3.03. The lowest BCUT2D eigenvalue weighted by Gasteiger charge is -2.43. The lowest BCUT2D eigenvalue weighted by atomic mass is 9.95. The summed E-state index contributed by atoms with van der Waals surface area (Å²) in [5.74, 6) is -4.25. The minimum Gasteiger partial charge on any atom is -0.463 e. The van der Waals surface area contributed by atoms with Gasteiger partial charge in [0.25, 0.3) is 0 Å². The van der Waals surface area contributed by atoms with E-state index in [1.807, 2.05) is 0 Å². The molecule has 0 aliphatic carbocycles. The normalized spacial score (nSPS) is 22.9. The third-order valence-electron chi connectivity index (χ3n) is 4.28. The minimum atomic E-state index is -1.40. The second kappa shape index (κ2) is 14.4. The summed E-state index contributed by atoms with van der Waals surface area (Å²) < 4.78 is 30.9. The van der Waals surface area contributed by atoms with Gasteiger partial charge in [-0.25, -0.2) is 9.59 Å². The number of esters is 5. The highest BCUT2D eigenvalue weighted by molar-refractivity contribution is 6.13. The SMILES string of the molecule is CCOC(=O)C(=CN[C@@H]1O[C@H](COC(C)=O)[C@@H](OC(C)=O)[C@H](N=[N+]=[N-])[C@H]1OC(C)=O)C(=O)OCC. The second-order valence-electron chi connectivity index (χ2n) is 6.91. The number of rotatable bonds is 11. The van der Waals surface area contributed by atoms with Crippen LogP contribution in [0.25, 0.3) is 10.4 Å². The van der Waals surface area contributed by atoms with Crippen LogP contribution >= 0.6 is 0 Å². The maximum absolute atomic E-state index is 12.2. The van der Waals surface area contributed by atoms with Crippen LogP contribution in [0.1, 0.15) is 34.6 Å². The first kappa shape index (κ1) is 29.2. The first-order valence-corrected chi connectivity index (χ1v) is 10.5. The summed E-state index contributed by atoms with van der Waals surface area (Å²) in [6.07, 6.45) is -4.34. The Labute approximate surface area is 200 Å². The maximum atomic E-state index is 12.2. The molecule has 0 spiro atoms. The Balaban J connectivity index is 3.46. The predicted octanol–water partition coefficient (Wildman–Crippen LogP) is 0.416. The molecule has 1 saturated heterocycles. The minimum absolute atomic E-state index is 0.0287. The second-order valence-corrected chi connectivity index (χ2v) is 6.91. The zero-order valence-electron chi connectivity index (χ0n) is 19.9. The molecule has 0 amide bonds. The first-order valence-electron chi connectivity index (χ1n) is 10.5. The molecule has 1 rings (SSSR count). The number of azide groups is 1. The number of hydrogen-bond acceptors (Lipinski definition) is 13. The monoisotopic (exact) mass is 500 g/mol. The topological polar surface area (TPSA) is 202 Å². The molecule has 1 N–H and O–H groups in total. The van der Waals surface area contributed by atoms with E-state index in [-0.39, 0.29) is 13.2 Å². The van der Waals surface area contributed by atoms with Crippen LogP contribution in [-0.4, -0.2) is 80.2 Å². The molecule has 0 unspecified atom stereocenters. The number of ether oxygens (including phenoxy) is 6. The molecular formula is C20H28N4O11. The van der Waals surface area contributed by atoms with Crippen LogP contribution in [0.2, 0.25) is 0 Å². The van der Waals surface area contributed by atoms with Gasteiger partial charge in [-0.2, -0.15) is 0 Å². The van der Waals surface area contributed by atoms with Crippen molar-refractivity contribution < 1.29 is 52.4 Å². The lowest BCUT2D eigenvalue weighted by molar-refractivity contribution is -0.220. The molecule has 0 aromatic rings. The molecule has 1 heterocycles. The van der Waals surface area contributed by atoms with Crippen molar-refractivity contribution in [3.63, 3.8) is 0 Å². The van der Waals surface area contributed by atoms with E-state index < -0.39 is 72.6 Å². The van der Waals surface area contributed by atoms with E-state index in [0.29, 0.717) is 0 Å². The smallest absolute Gasteiger partial charge is 0.347 e. The number of carbonyl (C=O) groups excluding carboxylic acids is 5. The Hall–Kier alpha value is -3.84. The molecule has 0 radical (unpaired) electrons. The fraction of sp³-hybridized carbons (Fsp3) is 0.650. The van der Waals surface area contributed by atoms with Gasteiger partial charge in [0.2, 0.25) is 0 Å². The molecule has 0 saturated carbocycles. The van der Waals surface area contributed by atoms with Crippen LogP contribution in [0.5, 0.6) is 0 Å². The van der Waals surface area contributed by atoms with Crippen molar-refractivity contribution in [1.82, 2.24) is 5.32 Å². The van der Waals surface area contributed by atoms with Crippen molar-refractivity contribution >= 4 is 29.8 Å². The summed E-state index contributed by atoms with van der Waals surface area (Å²) in [6.45, 7) is 5.89. The van der Waals surface area contributed by atoms with E-state index in [2.05, 4.69) is 15.3 Å². The molecule has 194 valence electrons. The summed E-state index contributed by atoms with van der Waals surface area (Å²) in [5.41, 5.74) is 8.56. The molecule has 1 fully saturated rings. The Morgan fingerprint density at radius 2 is 1.46 bits per heavy atom. The molecule has 0 aromatic carbocycles. The molecule has 15 nitrogen and oxygen atoms in total. The van der Waals surface area contributed by atoms with Crippen LogP contribution in [0.4, 0.5) is 0 Å². The van der Waals surface area contributed by atoms with Crippen LogP contribution in [0.3, 0.4) is 0 Å². The van der Waals surface area contributed by atoms with E-state index in [4.69, 9.17) is 34.0 Å². The van der Waals surface area contributed by atoms with Gasteiger partial charge < -0.3 is 33.7 Å². The van der Waals surface area contributed by atoms with Crippen molar-refractivity contribution in [3.8, 4) is 0 Å². The Morgan fingerprint density at radius 3 is 1.91 bits per heavy atom. The van der Waals surface area contributed by atoms with E-state index in [0.717, 1.165) is 27.0 Å². The summed E-state index contributed by atoms with van der Waals surface area (Å²) in [6, 6.07) is -1.35. The summed E-state index contributed by atoms with van der Waals surface area (Å²) >= 11 is 0. The van der Waals surface area contributed by atoms with Gasteiger partial charge in [-0.3, -0.25) is 14.4 Å². The average Bonchev–Trinajstić information content (AvgIpc) is 2.76. The van der Waals surface area contributed by atoms with E-state index >= 15 is 0 Å². The maximum Gasteiger partial charge on any atom is 0.347 e. The molecule has 1 aliphatic rings. The van der Waals surface area contributed by atoms with Gasteiger partial charge in [0, 0.05) is 31.9 Å². The highest BCUT2D eigenvalue weighted by atomic mass is 16.6. The molecule has 1 aliphatic heterocycles. The molecule has 35 heavy (non-hydrogen) atoms. The number of carbonyl (C=O) groups is 5. The quantitative estimate of drug-likeness (QED) is 0.0599. The van der Waals surface area contributed by atoms with E-state index in [9.17, 15) is 24.0 Å². The molecule has 0 bridgehead atoms. The molecule has 5 atom stereocenters. The van der Waals surface area contributed by atoms with Gasteiger partial charge in [0.15, 0.2) is 17.9 Å². The van der Waals surface area contributed by atoms with Gasteiger partial charge >= 0.3 is 29.8 Å². The van der Waals surface area contributed by atoms with Crippen LogP contribution < -0.4 is 5.32 Å². The number of nitrogens with one attached hydrogen (secondary N) is 1. The first-order chi connectivity index (χ1) is 16.5. The largest absolute Gasteiger partial charge is 0.463 e. The number of nitrogens with zero attached hydrogens (tertiary/aromatic N) is 3. The van der Waals surface area contributed by atoms with Crippen molar-refractivity contribution in [2.24, 2.45) is 5.11 Å². The summed E-state index contributed by atoms with van der Waals surface area (Å²) in [5, 5.41) is 6.21. The van der Waals surface area contributed by atoms with Gasteiger partial charge in [0.05, 0.1) is 13.2 Å². The number of hydrogen-bond donors (Lipinski definition) is 1. The van der Waals surface area contributed by atoms with Gasteiger partial charge in [0.1, 0.15) is 24.9 Å². The third kappa shape index (κ3) is 9.14. The highest BCUT2D eigenvalue weighted by Crippen LogP contribution is 2.28. The van der Waals surface area contributed by atoms with Crippen molar-refractivity contribution in [2.75, 3.05) is 19.8 Å².